The van der Waals surface area contributed by atoms with Crippen molar-refractivity contribution < 1.29 is 0 Å². The normalized spacial score (nSPS) is 22.5. The molecule has 0 aromatic rings. The van der Waals surface area contributed by atoms with Crippen LogP contribution in [0.1, 0.15) is 19.8 Å². The van der Waals surface area contributed by atoms with E-state index in [0.29, 0.717) is 11.8 Å². The summed E-state index contributed by atoms with van der Waals surface area (Å²) in [5, 5.41) is 0. The van der Waals surface area contributed by atoms with Crippen LogP contribution in [-0.4, -0.2) is 0 Å². The van der Waals surface area contributed by atoms with E-state index in [0.717, 1.165) is 12.8 Å². The highest BCUT2D eigenvalue weighted by Gasteiger charge is 2.15. The Morgan fingerprint density at radius 1 is 1.29 bits per heavy atom. The van der Waals surface area contributed by atoms with Gasteiger partial charge >= 0.3 is 0 Å². The summed E-state index contributed by atoms with van der Waals surface area (Å²) in [5.41, 5.74) is 4.61. The van der Waals surface area contributed by atoms with Crippen molar-refractivity contribution in [2.24, 2.45) is 11.8 Å². The number of hydrogen-bond acceptors (Lipinski definition) is 0. The van der Waals surface area contributed by atoms with Crippen LogP contribution in [0, 0.1) is 11.8 Å². The maximum atomic E-state index is 3.19. The van der Waals surface area contributed by atoms with E-state index in [1.165, 1.54) is 5.57 Å². The molecule has 0 aliphatic heterocycles. The maximum absolute atomic E-state index is 3.19. The molecule has 0 heteroatoms. The van der Waals surface area contributed by atoms with Gasteiger partial charge in [0.1, 0.15) is 0 Å². The van der Waals surface area contributed by atoms with E-state index >= 15 is 0 Å². The third-order valence-corrected chi connectivity index (χ3v) is 2.93. The molecule has 0 saturated carbocycles. The largest absolute Gasteiger partial charge is 0.125 e. The Hall–Kier alpha value is -1.26. The predicted octanol–water partition coefficient (Wildman–Crippen LogP) is 3.80. The lowest BCUT2D eigenvalue weighted by Crippen LogP contribution is -2.10. The predicted molar refractivity (Wildman–Crippen MR) is 60.9 cm³/mol. The van der Waals surface area contributed by atoms with Crippen LogP contribution in [-0.2, 0) is 0 Å². The molecule has 0 aromatic heterocycles. The summed E-state index contributed by atoms with van der Waals surface area (Å²) in [4.78, 5) is 0. The highest BCUT2D eigenvalue weighted by atomic mass is 14.2. The first-order valence-electron chi connectivity index (χ1n) is 5.32. The molecule has 0 spiro atoms. The van der Waals surface area contributed by atoms with E-state index in [9.17, 15) is 0 Å². The summed E-state index contributed by atoms with van der Waals surface area (Å²) in [7, 11) is 0. The van der Waals surface area contributed by atoms with Crippen molar-refractivity contribution in [2.45, 2.75) is 19.8 Å². The molecule has 72 valence electrons. The molecular weight excluding hydrogens is 168 g/mol. The second-order valence-electron chi connectivity index (χ2n) is 3.91. The average molecular weight is 184 g/mol. The molecule has 14 heavy (non-hydrogen) atoms. The highest BCUT2D eigenvalue weighted by Crippen LogP contribution is 2.27. The summed E-state index contributed by atoms with van der Waals surface area (Å²) in [6.07, 6.45) is 17.8. The molecule has 0 saturated heterocycles. The Bertz CT molecular complexity index is 334. The van der Waals surface area contributed by atoms with Gasteiger partial charge < -0.3 is 0 Å². The van der Waals surface area contributed by atoms with Gasteiger partial charge in [0.15, 0.2) is 0 Å². The smallest absolute Gasteiger partial charge is 0.00130 e. The Labute approximate surface area is 86.0 Å². The molecule has 0 fully saturated rings. The topological polar surface area (TPSA) is 0 Å². The van der Waals surface area contributed by atoms with Gasteiger partial charge in [-0.2, -0.15) is 0 Å². The monoisotopic (exact) mass is 184 g/mol. The highest BCUT2D eigenvalue weighted by molar-refractivity contribution is 5.28. The standard InChI is InChI=1S/C14H16/c1-12(13-8-4-2-5-9-13)14-10-6-3-7-11-14/h2,6-12,14H,3-4H2,1H3. The summed E-state index contributed by atoms with van der Waals surface area (Å²) in [6.45, 7) is 2.29. The minimum Gasteiger partial charge on any atom is -0.125 e. The third kappa shape index (κ3) is 1.97. The molecule has 0 bridgehead atoms. The molecule has 0 heterocycles. The Morgan fingerprint density at radius 2 is 2.07 bits per heavy atom. The number of allylic oxidation sites excluding steroid dienone is 7. The molecule has 1 unspecified atom stereocenters. The van der Waals surface area contributed by atoms with Crippen LogP contribution in [0.3, 0.4) is 0 Å². The van der Waals surface area contributed by atoms with Crippen LogP contribution >= 0.6 is 0 Å². The molecule has 2 aliphatic carbocycles. The van der Waals surface area contributed by atoms with Gasteiger partial charge in [-0.15, -0.1) is 5.73 Å². The summed E-state index contributed by atoms with van der Waals surface area (Å²) >= 11 is 0. The third-order valence-electron chi connectivity index (χ3n) is 2.93. The van der Waals surface area contributed by atoms with Crippen LogP contribution in [0.5, 0.6) is 0 Å². The first-order chi connectivity index (χ1) is 6.88. The van der Waals surface area contributed by atoms with Crippen LogP contribution in [0.4, 0.5) is 0 Å². The fourth-order valence-electron chi connectivity index (χ4n) is 1.96. The molecule has 0 N–H and O–H groups in total. The summed E-state index contributed by atoms with van der Waals surface area (Å²) in [6, 6.07) is 0. The molecule has 0 radical (unpaired) electrons. The molecule has 0 nitrogen and oxygen atoms in total. The van der Waals surface area contributed by atoms with Crippen molar-refractivity contribution in [3.63, 3.8) is 0 Å². The van der Waals surface area contributed by atoms with Gasteiger partial charge in [0, 0.05) is 5.92 Å². The van der Waals surface area contributed by atoms with Gasteiger partial charge in [0.25, 0.3) is 0 Å². The Morgan fingerprint density at radius 3 is 2.71 bits per heavy atom. The maximum Gasteiger partial charge on any atom is 0.00130 e. The van der Waals surface area contributed by atoms with Crippen molar-refractivity contribution in [3.8, 4) is 0 Å². The minimum atomic E-state index is 0.575. The van der Waals surface area contributed by atoms with Crippen LogP contribution in [0.25, 0.3) is 0 Å². The molecule has 2 rings (SSSR count). The zero-order valence-electron chi connectivity index (χ0n) is 8.61. The van der Waals surface area contributed by atoms with E-state index in [-0.39, 0.29) is 0 Å². The lowest BCUT2D eigenvalue weighted by Gasteiger charge is -2.21. The van der Waals surface area contributed by atoms with E-state index in [1.807, 2.05) is 0 Å². The zero-order valence-corrected chi connectivity index (χ0v) is 8.61. The quantitative estimate of drug-likeness (QED) is 0.452. The average Bonchev–Trinajstić information content (AvgIpc) is 2.30. The van der Waals surface area contributed by atoms with Gasteiger partial charge in [0.2, 0.25) is 0 Å². The summed E-state index contributed by atoms with van der Waals surface area (Å²) in [5.74, 6) is 1.16. The van der Waals surface area contributed by atoms with Crippen molar-refractivity contribution in [1.29, 1.82) is 0 Å². The first kappa shape index (κ1) is 9.30. The summed E-state index contributed by atoms with van der Waals surface area (Å²) < 4.78 is 0. The lowest BCUT2D eigenvalue weighted by molar-refractivity contribution is 0.581. The number of hydrogen-bond donors (Lipinski definition) is 0. The van der Waals surface area contributed by atoms with Crippen molar-refractivity contribution in [2.75, 3.05) is 0 Å². The Balaban J connectivity index is 2.11. The molecule has 1 atom stereocenters. The van der Waals surface area contributed by atoms with E-state index in [1.54, 1.807) is 0 Å². The van der Waals surface area contributed by atoms with E-state index in [2.05, 4.69) is 55.2 Å². The molecular formula is C14H16. The van der Waals surface area contributed by atoms with E-state index < -0.39 is 0 Å². The molecule has 0 amide bonds. The second kappa shape index (κ2) is 4.30. The van der Waals surface area contributed by atoms with Crippen LogP contribution in [0.15, 0.2) is 53.8 Å². The SMILES string of the molecule is CC(C1=CCC=C=C1)C1C=CCC=C1. The zero-order chi connectivity index (χ0) is 9.80. The molecule has 2 aliphatic rings. The first-order valence-corrected chi connectivity index (χ1v) is 5.32. The van der Waals surface area contributed by atoms with Crippen LogP contribution < -0.4 is 0 Å². The van der Waals surface area contributed by atoms with Crippen LogP contribution in [0.2, 0.25) is 0 Å². The van der Waals surface area contributed by atoms with Gasteiger partial charge in [-0.25, -0.2) is 0 Å². The lowest BCUT2D eigenvalue weighted by atomic mass is 9.84. The molecule has 0 aromatic carbocycles. The van der Waals surface area contributed by atoms with Gasteiger partial charge in [-0.1, -0.05) is 37.3 Å². The fraction of sp³-hybridized carbons (Fsp3) is 0.357. The fourth-order valence-corrected chi connectivity index (χ4v) is 1.96. The van der Waals surface area contributed by atoms with Gasteiger partial charge in [-0.3, -0.25) is 0 Å². The Kier molecular flexibility index (Phi) is 2.86. The van der Waals surface area contributed by atoms with Gasteiger partial charge in [-0.05, 0) is 36.5 Å². The van der Waals surface area contributed by atoms with Crippen molar-refractivity contribution in [3.05, 3.63) is 53.8 Å². The second-order valence-corrected chi connectivity index (χ2v) is 3.91. The van der Waals surface area contributed by atoms with Crippen molar-refractivity contribution >= 4 is 0 Å². The van der Waals surface area contributed by atoms with Gasteiger partial charge in [0.05, 0.1) is 0 Å². The van der Waals surface area contributed by atoms with Crippen molar-refractivity contribution in [1.82, 2.24) is 0 Å². The number of rotatable bonds is 2. The van der Waals surface area contributed by atoms with E-state index in [4.69, 9.17) is 0 Å². The minimum absolute atomic E-state index is 0.575.